The van der Waals surface area contributed by atoms with Crippen LogP contribution in [0.2, 0.25) is 0 Å². The number of amides is 2. The van der Waals surface area contributed by atoms with E-state index < -0.39 is 0 Å². The third-order valence-corrected chi connectivity index (χ3v) is 7.13. The Hall–Kier alpha value is -2.82. The first kappa shape index (κ1) is 21.4. The fourth-order valence-corrected chi connectivity index (χ4v) is 5.24. The zero-order chi connectivity index (χ0) is 21.8. The third kappa shape index (κ3) is 5.87. The number of nitrogens with zero attached hydrogens (tertiary/aromatic N) is 2. The number of carbonyl (C=O) groups is 2. The second-order valence-corrected chi connectivity index (χ2v) is 9.90. The second kappa shape index (κ2) is 9.54. The van der Waals surface area contributed by atoms with Crippen molar-refractivity contribution in [2.24, 2.45) is 0 Å². The quantitative estimate of drug-likeness (QED) is 0.365. The molecule has 0 atom stereocenters. The van der Waals surface area contributed by atoms with Gasteiger partial charge in [-0.25, -0.2) is 14.4 Å². The van der Waals surface area contributed by atoms with Crippen LogP contribution in [-0.4, -0.2) is 27.5 Å². The monoisotopic (exact) mass is 472 g/mol. The topological polar surface area (TPSA) is 84.0 Å². The fourth-order valence-electron chi connectivity index (χ4n) is 2.78. The molecule has 2 heterocycles. The minimum atomic E-state index is -0.356. The number of thioether (sulfide) groups is 1. The number of thiazole rings is 2. The summed E-state index contributed by atoms with van der Waals surface area (Å²) < 4.78 is 14.7. The molecule has 0 bridgehead atoms. The highest BCUT2D eigenvalue weighted by Gasteiger charge is 2.11. The van der Waals surface area contributed by atoms with E-state index in [0.29, 0.717) is 21.4 Å². The Kier molecular flexibility index (Phi) is 6.59. The van der Waals surface area contributed by atoms with Crippen LogP contribution >= 0.6 is 34.4 Å². The maximum absolute atomic E-state index is 12.9. The number of hydrogen-bond donors (Lipinski definition) is 2. The Morgan fingerprint density at radius 2 is 1.77 bits per heavy atom. The first-order valence-electron chi connectivity index (χ1n) is 9.24. The van der Waals surface area contributed by atoms with Gasteiger partial charge in [-0.2, -0.15) is 0 Å². The molecule has 31 heavy (non-hydrogen) atoms. The van der Waals surface area contributed by atoms with Crippen molar-refractivity contribution in [2.75, 3.05) is 16.4 Å². The highest BCUT2D eigenvalue weighted by atomic mass is 32.2. The lowest BCUT2D eigenvalue weighted by Gasteiger charge is -2.04. The van der Waals surface area contributed by atoms with E-state index in [1.165, 1.54) is 47.4 Å². The number of fused-ring (bicyclic) bond motifs is 1. The number of benzene rings is 2. The normalized spacial score (nSPS) is 10.9. The lowest BCUT2D eigenvalue weighted by molar-refractivity contribution is -0.116. The highest BCUT2D eigenvalue weighted by Crippen LogP contribution is 2.25. The average Bonchev–Trinajstić information content (AvgIpc) is 3.33. The van der Waals surface area contributed by atoms with Crippen LogP contribution < -0.4 is 10.6 Å². The van der Waals surface area contributed by atoms with Gasteiger partial charge in [-0.05, 0) is 49.4 Å². The Morgan fingerprint density at radius 3 is 2.58 bits per heavy atom. The van der Waals surface area contributed by atoms with Crippen LogP contribution in [0.3, 0.4) is 0 Å². The molecule has 10 heteroatoms. The SMILES string of the molecule is Cc1nc2cc(NC(=O)Cc3csc(SCC(=O)Nc4ccc(F)cc4)n3)ccc2s1. The summed E-state index contributed by atoms with van der Waals surface area (Å²) in [6, 6.07) is 11.3. The van der Waals surface area contributed by atoms with Gasteiger partial charge in [0.2, 0.25) is 11.8 Å². The van der Waals surface area contributed by atoms with Gasteiger partial charge in [0, 0.05) is 16.8 Å². The molecule has 6 nitrogen and oxygen atoms in total. The van der Waals surface area contributed by atoms with E-state index in [0.717, 1.165) is 15.2 Å². The molecule has 4 rings (SSSR count). The third-order valence-electron chi connectivity index (χ3n) is 4.11. The molecule has 0 aliphatic carbocycles. The molecule has 0 radical (unpaired) electrons. The summed E-state index contributed by atoms with van der Waals surface area (Å²) in [7, 11) is 0. The Labute approximate surface area is 189 Å². The molecule has 0 saturated carbocycles. The van der Waals surface area contributed by atoms with Crippen molar-refractivity contribution in [2.45, 2.75) is 17.7 Å². The Bertz CT molecular complexity index is 1240. The molecule has 2 amide bonds. The maximum atomic E-state index is 12.9. The standard InChI is InChI=1S/C21H17FN4O2S3/c1-12-23-17-8-15(6-7-18(17)31-12)25-19(27)9-16-10-29-21(26-16)30-11-20(28)24-14-4-2-13(22)3-5-14/h2-8,10H,9,11H2,1H3,(H,24,28)(H,25,27). The van der Waals surface area contributed by atoms with Crippen molar-refractivity contribution in [3.63, 3.8) is 0 Å². The molecule has 0 aliphatic heterocycles. The average molecular weight is 473 g/mol. The molecule has 158 valence electrons. The number of hydrogen-bond acceptors (Lipinski definition) is 7. The molecule has 4 aromatic rings. The maximum Gasteiger partial charge on any atom is 0.234 e. The highest BCUT2D eigenvalue weighted by molar-refractivity contribution is 8.01. The molecular weight excluding hydrogens is 455 g/mol. The van der Waals surface area contributed by atoms with E-state index >= 15 is 0 Å². The lowest BCUT2D eigenvalue weighted by atomic mass is 10.2. The number of aromatic nitrogens is 2. The number of anilines is 2. The van der Waals surface area contributed by atoms with Gasteiger partial charge < -0.3 is 10.6 Å². The van der Waals surface area contributed by atoms with Crippen LogP contribution in [0.4, 0.5) is 15.8 Å². The van der Waals surface area contributed by atoms with Crippen molar-refractivity contribution in [3.8, 4) is 0 Å². The van der Waals surface area contributed by atoms with E-state index in [9.17, 15) is 14.0 Å². The summed E-state index contributed by atoms with van der Waals surface area (Å²) in [6.07, 6.45) is 0.146. The van der Waals surface area contributed by atoms with Gasteiger partial charge in [0.1, 0.15) is 5.82 Å². The summed E-state index contributed by atoms with van der Waals surface area (Å²) >= 11 is 4.29. The van der Waals surface area contributed by atoms with Gasteiger partial charge in [-0.3, -0.25) is 9.59 Å². The largest absolute Gasteiger partial charge is 0.326 e. The zero-order valence-corrected chi connectivity index (χ0v) is 18.8. The summed E-state index contributed by atoms with van der Waals surface area (Å²) in [6.45, 7) is 1.95. The smallest absolute Gasteiger partial charge is 0.234 e. The molecule has 0 fully saturated rings. The summed E-state index contributed by atoms with van der Waals surface area (Å²) in [4.78, 5) is 33.3. The van der Waals surface area contributed by atoms with Crippen LogP contribution in [0.25, 0.3) is 10.2 Å². The lowest BCUT2D eigenvalue weighted by Crippen LogP contribution is -2.14. The number of rotatable bonds is 7. The van der Waals surface area contributed by atoms with Gasteiger partial charge in [0.05, 0.1) is 33.1 Å². The minimum Gasteiger partial charge on any atom is -0.326 e. The number of carbonyl (C=O) groups excluding carboxylic acids is 2. The van der Waals surface area contributed by atoms with E-state index in [-0.39, 0.29) is 29.8 Å². The van der Waals surface area contributed by atoms with Crippen LogP contribution in [0, 0.1) is 12.7 Å². The second-order valence-electron chi connectivity index (χ2n) is 6.59. The van der Waals surface area contributed by atoms with Crippen LogP contribution in [-0.2, 0) is 16.0 Å². The van der Waals surface area contributed by atoms with Crippen molar-refractivity contribution < 1.29 is 14.0 Å². The number of aryl methyl sites for hydroxylation is 1. The molecule has 0 aliphatic rings. The van der Waals surface area contributed by atoms with E-state index in [2.05, 4.69) is 20.6 Å². The number of halogens is 1. The van der Waals surface area contributed by atoms with Crippen molar-refractivity contribution in [1.82, 2.24) is 9.97 Å². The first-order chi connectivity index (χ1) is 14.9. The molecule has 0 unspecified atom stereocenters. The van der Waals surface area contributed by atoms with Gasteiger partial charge in [-0.1, -0.05) is 11.8 Å². The fraction of sp³-hybridized carbons (Fsp3) is 0.143. The van der Waals surface area contributed by atoms with Crippen LogP contribution in [0.1, 0.15) is 10.7 Å². The Balaban J connectivity index is 1.27. The predicted molar refractivity (Wildman–Crippen MR) is 125 cm³/mol. The van der Waals surface area contributed by atoms with Crippen molar-refractivity contribution in [3.05, 3.63) is 64.4 Å². The van der Waals surface area contributed by atoms with Gasteiger partial charge >= 0.3 is 0 Å². The zero-order valence-electron chi connectivity index (χ0n) is 16.3. The molecule has 2 aromatic carbocycles. The summed E-state index contributed by atoms with van der Waals surface area (Å²) in [5, 5.41) is 8.37. The molecule has 2 aromatic heterocycles. The molecule has 2 N–H and O–H groups in total. The van der Waals surface area contributed by atoms with Crippen molar-refractivity contribution >= 4 is 67.8 Å². The molecular formula is C21H17FN4O2S3. The van der Waals surface area contributed by atoms with Gasteiger partial charge in [0.15, 0.2) is 4.34 Å². The number of nitrogens with one attached hydrogen (secondary N) is 2. The molecule has 0 saturated heterocycles. The minimum absolute atomic E-state index is 0.146. The van der Waals surface area contributed by atoms with Crippen LogP contribution in [0.5, 0.6) is 0 Å². The van der Waals surface area contributed by atoms with E-state index in [4.69, 9.17) is 0 Å². The Morgan fingerprint density at radius 1 is 1.03 bits per heavy atom. The van der Waals surface area contributed by atoms with Crippen molar-refractivity contribution in [1.29, 1.82) is 0 Å². The molecule has 0 spiro atoms. The van der Waals surface area contributed by atoms with Gasteiger partial charge in [0.25, 0.3) is 0 Å². The summed E-state index contributed by atoms with van der Waals surface area (Å²) in [5.74, 6) is -0.560. The van der Waals surface area contributed by atoms with Crippen LogP contribution in [0.15, 0.2) is 52.2 Å². The van der Waals surface area contributed by atoms with E-state index in [1.54, 1.807) is 11.3 Å². The van der Waals surface area contributed by atoms with Gasteiger partial charge in [-0.15, -0.1) is 22.7 Å². The van der Waals surface area contributed by atoms with E-state index in [1.807, 2.05) is 30.5 Å². The summed E-state index contributed by atoms with van der Waals surface area (Å²) in [5.41, 5.74) is 2.75. The first-order valence-corrected chi connectivity index (χ1v) is 11.9. The predicted octanol–water partition coefficient (Wildman–Crippen LogP) is 5.11.